The fourth-order valence-corrected chi connectivity index (χ4v) is 3.25. The van der Waals surface area contributed by atoms with Gasteiger partial charge in [0.25, 0.3) is 0 Å². The Labute approximate surface area is 132 Å². The number of aryl methyl sites for hydroxylation is 2. The number of aromatic nitrogens is 2. The summed E-state index contributed by atoms with van der Waals surface area (Å²) >= 11 is 0. The van der Waals surface area contributed by atoms with Crippen LogP contribution in [0.1, 0.15) is 36.3 Å². The zero-order valence-corrected chi connectivity index (χ0v) is 12.9. The maximum atomic E-state index is 12.5. The standard InChI is InChI=1S/C15H19F3N4O/c1-9-19-11-5-3-2-4-10(11)13(20-9)21-12-6-7-22(14(12)23)8-15(16,17)18/h12H,2-8H2,1H3,(H,19,20,21). The summed E-state index contributed by atoms with van der Waals surface area (Å²) in [6.45, 7) is 0.708. The van der Waals surface area contributed by atoms with Crippen LogP contribution in [0.2, 0.25) is 0 Å². The highest BCUT2D eigenvalue weighted by molar-refractivity contribution is 5.86. The number of carbonyl (C=O) groups excluding carboxylic acids is 1. The van der Waals surface area contributed by atoms with Gasteiger partial charge in [-0.05, 0) is 39.0 Å². The quantitative estimate of drug-likeness (QED) is 0.924. The number of nitrogens with one attached hydrogen (secondary N) is 1. The van der Waals surface area contributed by atoms with E-state index in [0.717, 1.165) is 41.8 Å². The predicted octanol–water partition coefficient (Wildman–Crippen LogP) is 2.24. The summed E-state index contributed by atoms with van der Waals surface area (Å²) in [6.07, 6.45) is -0.184. The molecule has 8 heteroatoms. The minimum Gasteiger partial charge on any atom is -0.358 e. The molecule has 3 rings (SSSR count). The Hall–Kier alpha value is -1.86. The van der Waals surface area contributed by atoms with Crippen molar-refractivity contribution in [3.8, 4) is 0 Å². The van der Waals surface area contributed by atoms with Gasteiger partial charge in [0.1, 0.15) is 24.2 Å². The molecule has 2 heterocycles. The van der Waals surface area contributed by atoms with Gasteiger partial charge in [-0.15, -0.1) is 0 Å². The lowest BCUT2D eigenvalue weighted by molar-refractivity contribution is -0.157. The highest BCUT2D eigenvalue weighted by Gasteiger charge is 2.39. The topological polar surface area (TPSA) is 58.1 Å². The molecular formula is C15H19F3N4O. The van der Waals surface area contributed by atoms with Crippen LogP contribution in [0, 0.1) is 6.92 Å². The average molecular weight is 328 g/mol. The molecule has 1 aliphatic carbocycles. The van der Waals surface area contributed by atoms with Gasteiger partial charge in [-0.3, -0.25) is 4.79 Å². The first kappa shape index (κ1) is 16.0. The third-order valence-electron chi connectivity index (χ3n) is 4.27. The molecular weight excluding hydrogens is 309 g/mol. The molecule has 1 aromatic rings. The number of carbonyl (C=O) groups is 1. The van der Waals surface area contributed by atoms with Crippen LogP contribution < -0.4 is 5.32 Å². The minimum absolute atomic E-state index is 0.113. The number of nitrogens with zero attached hydrogens (tertiary/aromatic N) is 3. The van der Waals surface area contributed by atoms with E-state index in [1.807, 2.05) is 0 Å². The fourth-order valence-electron chi connectivity index (χ4n) is 3.25. The first-order valence-electron chi connectivity index (χ1n) is 7.82. The number of likely N-dealkylation sites (tertiary alicyclic amines) is 1. The van der Waals surface area contributed by atoms with Crippen molar-refractivity contribution in [1.29, 1.82) is 0 Å². The third-order valence-corrected chi connectivity index (χ3v) is 4.27. The first-order valence-corrected chi connectivity index (χ1v) is 7.82. The van der Waals surface area contributed by atoms with Gasteiger partial charge in [-0.2, -0.15) is 13.2 Å². The summed E-state index contributed by atoms with van der Waals surface area (Å²) in [4.78, 5) is 21.8. The van der Waals surface area contributed by atoms with Crippen LogP contribution in [0.4, 0.5) is 19.0 Å². The molecule has 1 atom stereocenters. The SMILES string of the molecule is Cc1nc2c(c(NC3CCN(CC(F)(F)F)C3=O)n1)CCCC2. The lowest BCUT2D eigenvalue weighted by Crippen LogP contribution is -2.39. The lowest BCUT2D eigenvalue weighted by Gasteiger charge is -2.22. The number of halogens is 3. The minimum atomic E-state index is -4.37. The molecule has 0 spiro atoms. The van der Waals surface area contributed by atoms with E-state index >= 15 is 0 Å². The number of amides is 1. The molecule has 5 nitrogen and oxygen atoms in total. The molecule has 0 aromatic carbocycles. The van der Waals surface area contributed by atoms with Crippen LogP contribution >= 0.6 is 0 Å². The van der Waals surface area contributed by atoms with Crippen molar-refractivity contribution in [1.82, 2.24) is 14.9 Å². The number of fused-ring (bicyclic) bond motifs is 1. The second kappa shape index (κ2) is 5.98. The molecule has 2 aliphatic rings. The van der Waals surface area contributed by atoms with E-state index in [4.69, 9.17) is 0 Å². The maximum absolute atomic E-state index is 12.5. The summed E-state index contributed by atoms with van der Waals surface area (Å²) < 4.78 is 37.4. The van der Waals surface area contributed by atoms with Crippen molar-refractivity contribution in [2.75, 3.05) is 18.4 Å². The first-order chi connectivity index (χ1) is 10.8. The molecule has 1 saturated heterocycles. The molecule has 1 N–H and O–H groups in total. The smallest absolute Gasteiger partial charge is 0.358 e. The van der Waals surface area contributed by atoms with Gasteiger partial charge in [0.05, 0.1) is 0 Å². The monoisotopic (exact) mass is 328 g/mol. The summed E-state index contributed by atoms with van der Waals surface area (Å²) in [5.74, 6) is 0.716. The molecule has 0 bridgehead atoms. The van der Waals surface area contributed by atoms with Crippen LogP contribution in [-0.4, -0.2) is 46.1 Å². The Morgan fingerprint density at radius 1 is 1.26 bits per heavy atom. The van der Waals surface area contributed by atoms with E-state index < -0.39 is 24.7 Å². The van der Waals surface area contributed by atoms with Crippen LogP contribution in [0.5, 0.6) is 0 Å². The fraction of sp³-hybridized carbons (Fsp3) is 0.667. The molecule has 1 unspecified atom stereocenters. The molecule has 0 saturated carbocycles. The molecule has 0 radical (unpaired) electrons. The molecule has 1 amide bonds. The van der Waals surface area contributed by atoms with Gasteiger partial charge < -0.3 is 10.2 Å². The summed E-state index contributed by atoms with van der Waals surface area (Å²) in [5, 5.41) is 3.07. The second-order valence-electron chi connectivity index (χ2n) is 6.11. The van der Waals surface area contributed by atoms with E-state index in [9.17, 15) is 18.0 Å². The second-order valence-corrected chi connectivity index (χ2v) is 6.11. The van der Waals surface area contributed by atoms with E-state index in [1.54, 1.807) is 6.92 Å². The van der Waals surface area contributed by atoms with Gasteiger partial charge in [-0.25, -0.2) is 9.97 Å². The normalized spacial score (nSPS) is 21.5. The highest BCUT2D eigenvalue weighted by Crippen LogP contribution is 2.28. The molecule has 1 aromatic heterocycles. The van der Waals surface area contributed by atoms with Crippen molar-refractivity contribution in [2.24, 2.45) is 0 Å². The summed E-state index contributed by atoms with van der Waals surface area (Å²) in [5.41, 5.74) is 1.99. The van der Waals surface area contributed by atoms with Crippen molar-refractivity contribution < 1.29 is 18.0 Å². The number of rotatable bonds is 3. The number of hydrogen-bond donors (Lipinski definition) is 1. The highest BCUT2D eigenvalue weighted by atomic mass is 19.4. The van der Waals surface area contributed by atoms with Crippen molar-refractivity contribution in [2.45, 2.75) is 51.2 Å². The van der Waals surface area contributed by atoms with E-state index in [1.165, 1.54) is 0 Å². The maximum Gasteiger partial charge on any atom is 0.406 e. The van der Waals surface area contributed by atoms with Crippen molar-refractivity contribution in [3.63, 3.8) is 0 Å². The zero-order valence-electron chi connectivity index (χ0n) is 12.9. The summed E-state index contributed by atoms with van der Waals surface area (Å²) in [7, 11) is 0. The Kier molecular flexibility index (Phi) is 4.16. The average Bonchev–Trinajstić information content (AvgIpc) is 2.78. The van der Waals surface area contributed by atoms with Crippen LogP contribution in [0.3, 0.4) is 0 Å². The Morgan fingerprint density at radius 2 is 2.00 bits per heavy atom. The number of hydrogen-bond acceptors (Lipinski definition) is 4. The molecule has 23 heavy (non-hydrogen) atoms. The zero-order chi connectivity index (χ0) is 16.6. The van der Waals surface area contributed by atoms with Gasteiger partial charge in [-0.1, -0.05) is 0 Å². The Morgan fingerprint density at radius 3 is 2.74 bits per heavy atom. The van der Waals surface area contributed by atoms with Crippen molar-refractivity contribution in [3.05, 3.63) is 17.1 Å². The van der Waals surface area contributed by atoms with Crippen LogP contribution in [0.15, 0.2) is 0 Å². The Bertz CT molecular complexity index is 617. The third kappa shape index (κ3) is 3.56. The van der Waals surface area contributed by atoms with Gasteiger partial charge in [0.15, 0.2) is 0 Å². The largest absolute Gasteiger partial charge is 0.406 e. The predicted molar refractivity (Wildman–Crippen MR) is 78.1 cm³/mol. The van der Waals surface area contributed by atoms with Crippen molar-refractivity contribution >= 4 is 11.7 Å². The van der Waals surface area contributed by atoms with Gasteiger partial charge >= 0.3 is 6.18 Å². The van der Waals surface area contributed by atoms with Gasteiger partial charge in [0, 0.05) is 17.8 Å². The van der Waals surface area contributed by atoms with Crippen LogP contribution in [-0.2, 0) is 17.6 Å². The molecule has 126 valence electrons. The Balaban J connectivity index is 1.76. The molecule has 1 fully saturated rings. The van der Waals surface area contributed by atoms with E-state index in [-0.39, 0.29) is 6.54 Å². The van der Waals surface area contributed by atoms with E-state index in [2.05, 4.69) is 15.3 Å². The summed E-state index contributed by atoms with van der Waals surface area (Å²) in [6, 6.07) is -0.641. The number of anilines is 1. The number of alkyl halides is 3. The van der Waals surface area contributed by atoms with Crippen LogP contribution in [0.25, 0.3) is 0 Å². The molecule has 1 aliphatic heterocycles. The lowest BCUT2D eigenvalue weighted by atomic mass is 9.96. The van der Waals surface area contributed by atoms with Gasteiger partial charge in [0.2, 0.25) is 5.91 Å². The van der Waals surface area contributed by atoms with E-state index in [0.29, 0.717) is 18.1 Å².